The number of nitrogens with two attached hydrogens (primary N) is 1. The molecular weight excluding hydrogens is 304 g/mol. The molecule has 1 aliphatic carbocycles. The molecule has 0 radical (unpaired) electrons. The van der Waals surface area contributed by atoms with Gasteiger partial charge in [0.1, 0.15) is 0 Å². The van der Waals surface area contributed by atoms with E-state index in [2.05, 4.69) is 31.1 Å². The average Bonchev–Trinajstić information content (AvgIpc) is 3.15. The molecule has 1 aromatic carbocycles. The van der Waals surface area contributed by atoms with Gasteiger partial charge in [0, 0.05) is 17.8 Å². The third-order valence-electron chi connectivity index (χ3n) is 5.89. The number of carbonyl (C=O) groups excluding carboxylic acids is 2. The third kappa shape index (κ3) is 2.09. The number of anilines is 1. The van der Waals surface area contributed by atoms with E-state index in [4.69, 9.17) is 5.73 Å². The van der Waals surface area contributed by atoms with E-state index in [1.54, 1.807) is 4.90 Å². The van der Waals surface area contributed by atoms with Gasteiger partial charge in [-0.1, -0.05) is 12.1 Å². The van der Waals surface area contributed by atoms with Gasteiger partial charge in [-0.05, 0) is 57.5 Å². The molecule has 128 valence electrons. The van der Waals surface area contributed by atoms with Crippen LogP contribution in [0.3, 0.4) is 0 Å². The van der Waals surface area contributed by atoms with Crippen molar-refractivity contribution in [1.82, 2.24) is 9.80 Å². The molecule has 24 heavy (non-hydrogen) atoms. The van der Waals surface area contributed by atoms with Crippen LogP contribution in [0.4, 0.5) is 5.69 Å². The van der Waals surface area contributed by atoms with Crippen molar-refractivity contribution in [3.05, 3.63) is 29.8 Å². The Balaban J connectivity index is 1.65. The van der Waals surface area contributed by atoms with Crippen LogP contribution >= 0.6 is 0 Å². The van der Waals surface area contributed by atoms with E-state index in [9.17, 15) is 9.59 Å². The Bertz CT molecular complexity index is 681. The van der Waals surface area contributed by atoms with Crippen molar-refractivity contribution >= 4 is 17.5 Å². The van der Waals surface area contributed by atoms with Gasteiger partial charge < -0.3 is 5.73 Å². The number of fused-ring (bicyclic) bond motifs is 1. The Morgan fingerprint density at radius 1 is 1.25 bits per heavy atom. The topological polar surface area (TPSA) is 69.9 Å². The molecule has 2 atom stereocenters. The van der Waals surface area contributed by atoms with Gasteiger partial charge in [-0.3, -0.25) is 24.3 Å². The second-order valence-corrected chi connectivity index (χ2v) is 7.35. The van der Waals surface area contributed by atoms with Gasteiger partial charge in [-0.2, -0.15) is 0 Å². The van der Waals surface area contributed by atoms with E-state index in [0.717, 1.165) is 37.9 Å². The monoisotopic (exact) mass is 328 g/mol. The van der Waals surface area contributed by atoms with Crippen molar-refractivity contribution in [2.45, 2.75) is 43.4 Å². The van der Waals surface area contributed by atoms with E-state index < -0.39 is 12.1 Å². The maximum absolute atomic E-state index is 12.8. The first-order valence-corrected chi connectivity index (χ1v) is 8.62. The zero-order valence-corrected chi connectivity index (χ0v) is 14.2. The lowest BCUT2D eigenvalue weighted by Gasteiger charge is -2.28. The first-order valence-electron chi connectivity index (χ1n) is 8.62. The molecule has 0 spiro atoms. The van der Waals surface area contributed by atoms with E-state index in [-0.39, 0.29) is 17.5 Å². The molecule has 2 aliphatic heterocycles. The number of primary amides is 1. The highest BCUT2D eigenvalue weighted by atomic mass is 16.2. The van der Waals surface area contributed by atoms with Crippen LogP contribution in [0.2, 0.25) is 0 Å². The highest BCUT2D eigenvalue weighted by Crippen LogP contribution is 2.50. The van der Waals surface area contributed by atoms with Gasteiger partial charge in [-0.25, -0.2) is 0 Å². The van der Waals surface area contributed by atoms with Crippen LogP contribution < -0.4 is 10.6 Å². The summed E-state index contributed by atoms with van der Waals surface area (Å²) in [5, 5.41) is 0. The zero-order chi connectivity index (χ0) is 17.1. The van der Waals surface area contributed by atoms with Crippen LogP contribution in [0.15, 0.2) is 24.3 Å². The van der Waals surface area contributed by atoms with Gasteiger partial charge >= 0.3 is 0 Å². The summed E-state index contributed by atoms with van der Waals surface area (Å²) < 4.78 is 0. The molecule has 0 bridgehead atoms. The van der Waals surface area contributed by atoms with Crippen LogP contribution in [0.1, 0.15) is 31.2 Å². The summed E-state index contributed by atoms with van der Waals surface area (Å²) in [6.45, 7) is 0.752. The van der Waals surface area contributed by atoms with Crippen molar-refractivity contribution in [2.24, 2.45) is 5.73 Å². The predicted octanol–water partition coefficient (Wildman–Crippen LogP) is 0.860. The average molecular weight is 328 g/mol. The lowest BCUT2D eigenvalue weighted by Crippen LogP contribution is -2.49. The molecule has 2 saturated heterocycles. The molecule has 1 unspecified atom stereocenters. The number of carbonyl (C=O) groups is 2. The van der Waals surface area contributed by atoms with Gasteiger partial charge in [-0.15, -0.1) is 0 Å². The molecule has 2 heterocycles. The molecular formula is C18H24N4O2. The summed E-state index contributed by atoms with van der Waals surface area (Å²) in [4.78, 5) is 30.5. The predicted molar refractivity (Wildman–Crippen MR) is 91.2 cm³/mol. The molecule has 6 nitrogen and oxygen atoms in total. The van der Waals surface area contributed by atoms with Gasteiger partial charge in [0.25, 0.3) is 5.91 Å². The Morgan fingerprint density at radius 2 is 1.92 bits per heavy atom. The fraction of sp³-hybridized carbons (Fsp3) is 0.556. The molecule has 6 heteroatoms. The minimum atomic E-state index is -0.653. The summed E-state index contributed by atoms with van der Waals surface area (Å²) in [7, 11) is 4.20. The number of hydrogen-bond donors (Lipinski definition) is 1. The number of rotatable bonds is 4. The smallest absolute Gasteiger partial charge is 0.255 e. The standard InChI is InChI=1S/C18H24N4O2/c1-20(2)18(9-10-18)12-5-7-13(8-6-12)22-16(15(19)23)21-11-3-4-14(21)17(22)24/h5-8,14,16H,3-4,9-11H2,1-2H3,(H2,19,23)/t14-,16?/m0/s1. The van der Waals surface area contributed by atoms with Crippen LogP contribution in [0.5, 0.6) is 0 Å². The minimum Gasteiger partial charge on any atom is -0.367 e. The van der Waals surface area contributed by atoms with E-state index in [0.29, 0.717) is 0 Å². The third-order valence-corrected chi connectivity index (χ3v) is 5.89. The van der Waals surface area contributed by atoms with E-state index in [1.807, 2.05) is 17.0 Å². The maximum atomic E-state index is 12.8. The molecule has 3 fully saturated rings. The van der Waals surface area contributed by atoms with Crippen molar-refractivity contribution in [3.8, 4) is 0 Å². The van der Waals surface area contributed by atoms with Crippen molar-refractivity contribution in [3.63, 3.8) is 0 Å². The normalized spacial score (nSPS) is 28.5. The summed E-state index contributed by atoms with van der Waals surface area (Å²) >= 11 is 0. The number of hydrogen-bond acceptors (Lipinski definition) is 4. The Morgan fingerprint density at radius 3 is 2.46 bits per heavy atom. The molecule has 2 N–H and O–H groups in total. The van der Waals surface area contributed by atoms with Crippen molar-refractivity contribution in [1.29, 1.82) is 0 Å². The van der Waals surface area contributed by atoms with Crippen LogP contribution in [-0.2, 0) is 15.1 Å². The lowest BCUT2D eigenvalue weighted by atomic mass is 10.0. The number of benzene rings is 1. The molecule has 3 aliphatic rings. The van der Waals surface area contributed by atoms with Crippen LogP contribution in [0, 0.1) is 0 Å². The quantitative estimate of drug-likeness (QED) is 0.890. The Kier molecular flexibility index (Phi) is 3.44. The molecule has 2 amide bonds. The summed E-state index contributed by atoms with van der Waals surface area (Å²) in [6.07, 6.45) is 3.41. The lowest BCUT2D eigenvalue weighted by molar-refractivity contribution is -0.122. The molecule has 0 aromatic heterocycles. The fourth-order valence-electron chi connectivity index (χ4n) is 4.38. The fourth-order valence-corrected chi connectivity index (χ4v) is 4.38. The Labute approximate surface area is 142 Å². The molecule has 1 aromatic rings. The van der Waals surface area contributed by atoms with Crippen molar-refractivity contribution in [2.75, 3.05) is 25.5 Å². The minimum absolute atomic E-state index is 0.00204. The highest BCUT2D eigenvalue weighted by Gasteiger charge is 2.51. The van der Waals surface area contributed by atoms with Gasteiger partial charge in [0.15, 0.2) is 6.17 Å². The second-order valence-electron chi connectivity index (χ2n) is 7.35. The highest BCUT2D eigenvalue weighted by molar-refractivity contribution is 6.06. The van der Waals surface area contributed by atoms with E-state index in [1.165, 1.54) is 5.56 Å². The van der Waals surface area contributed by atoms with Crippen LogP contribution in [0.25, 0.3) is 0 Å². The number of amides is 2. The largest absolute Gasteiger partial charge is 0.367 e. The SMILES string of the molecule is CN(C)C1(c2ccc(N3C(=O)[C@@H]4CCCN4C3C(N)=O)cc2)CC1. The molecule has 4 rings (SSSR count). The van der Waals surface area contributed by atoms with E-state index >= 15 is 0 Å². The first-order chi connectivity index (χ1) is 11.5. The van der Waals surface area contributed by atoms with Crippen LogP contribution in [-0.4, -0.2) is 54.5 Å². The summed E-state index contributed by atoms with van der Waals surface area (Å²) in [6, 6.07) is 7.87. The van der Waals surface area contributed by atoms with Gasteiger partial charge in [0.05, 0.1) is 6.04 Å². The zero-order valence-electron chi connectivity index (χ0n) is 14.2. The van der Waals surface area contributed by atoms with Gasteiger partial charge in [0.2, 0.25) is 5.91 Å². The molecule has 1 saturated carbocycles. The first kappa shape index (κ1) is 15.6. The second kappa shape index (κ2) is 5.29. The summed E-state index contributed by atoms with van der Waals surface area (Å²) in [5.74, 6) is -0.457. The number of nitrogens with zero attached hydrogens (tertiary/aromatic N) is 3. The summed E-state index contributed by atoms with van der Waals surface area (Å²) in [5.41, 5.74) is 7.77. The maximum Gasteiger partial charge on any atom is 0.255 e. The van der Waals surface area contributed by atoms with Crippen molar-refractivity contribution < 1.29 is 9.59 Å². The Hall–Kier alpha value is -1.92.